The van der Waals surface area contributed by atoms with Crippen molar-refractivity contribution in [2.75, 3.05) is 12.3 Å². The van der Waals surface area contributed by atoms with E-state index in [0.29, 0.717) is 28.3 Å². The van der Waals surface area contributed by atoms with E-state index in [4.69, 9.17) is 0 Å². The van der Waals surface area contributed by atoms with Crippen molar-refractivity contribution in [1.82, 2.24) is 25.1 Å². The number of nitrogens with one attached hydrogen (secondary N) is 1. The Hall–Kier alpha value is -3.00. The number of thioether (sulfide) groups is 1. The number of carbonyl (C=O) groups excluding carboxylic acids is 1. The van der Waals surface area contributed by atoms with Gasteiger partial charge in [-0.05, 0) is 35.7 Å². The molecule has 1 N–H and O–H groups in total. The van der Waals surface area contributed by atoms with Gasteiger partial charge < -0.3 is 9.88 Å². The van der Waals surface area contributed by atoms with Gasteiger partial charge in [0.05, 0.1) is 5.75 Å². The van der Waals surface area contributed by atoms with Crippen LogP contribution in [0.3, 0.4) is 0 Å². The fraction of sp³-hybridized carbons (Fsp3) is 0.200. The van der Waals surface area contributed by atoms with E-state index in [9.17, 15) is 9.18 Å². The summed E-state index contributed by atoms with van der Waals surface area (Å²) in [4.78, 5) is 22.0. The Morgan fingerprint density at radius 2 is 2.04 bits per heavy atom. The summed E-state index contributed by atoms with van der Waals surface area (Å²) in [6.45, 7) is 1.36. The highest BCUT2D eigenvalue weighted by molar-refractivity contribution is 7.99. The van der Waals surface area contributed by atoms with Gasteiger partial charge in [0.25, 0.3) is 0 Å². The lowest BCUT2D eigenvalue weighted by atomic mass is 10.00. The van der Waals surface area contributed by atoms with Crippen LogP contribution in [0.2, 0.25) is 0 Å². The van der Waals surface area contributed by atoms with Crippen molar-refractivity contribution < 1.29 is 9.18 Å². The SMILES string of the molecule is O=C(CSc1nnc2c(n1)[nH]c1ccc(F)cc12)N1CCc2ccccc2C1. The van der Waals surface area contributed by atoms with E-state index >= 15 is 0 Å². The average Bonchev–Trinajstić information content (AvgIpc) is 3.08. The number of halogens is 1. The second-order valence-corrected chi connectivity index (χ2v) is 7.67. The molecule has 0 fully saturated rings. The summed E-state index contributed by atoms with van der Waals surface area (Å²) in [5, 5.41) is 9.34. The van der Waals surface area contributed by atoms with Crippen LogP contribution in [0.5, 0.6) is 0 Å². The van der Waals surface area contributed by atoms with Crippen LogP contribution in [0.1, 0.15) is 11.1 Å². The monoisotopic (exact) mass is 393 g/mol. The van der Waals surface area contributed by atoms with Gasteiger partial charge in [-0.3, -0.25) is 4.79 Å². The first kappa shape index (κ1) is 17.1. The molecular formula is C20H16FN5OS. The molecule has 0 spiro atoms. The largest absolute Gasteiger partial charge is 0.338 e. The van der Waals surface area contributed by atoms with Gasteiger partial charge in [-0.1, -0.05) is 36.0 Å². The molecule has 6 nitrogen and oxygen atoms in total. The molecule has 1 amide bonds. The molecule has 0 aliphatic carbocycles. The van der Waals surface area contributed by atoms with Gasteiger partial charge >= 0.3 is 0 Å². The summed E-state index contributed by atoms with van der Waals surface area (Å²) >= 11 is 1.26. The van der Waals surface area contributed by atoms with Gasteiger partial charge in [0, 0.05) is 24.0 Å². The van der Waals surface area contributed by atoms with Crippen LogP contribution in [0.15, 0.2) is 47.6 Å². The molecule has 0 saturated heterocycles. The van der Waals surface area contributed by atoms with E-state index in [1.807, 2.05) is 17.0 Å². The minimum atomic E-state index is -0.331. The third-order valence-corrected chi connectivity index (χ3v) is 5.79. The first-order valence-electron chi connectivity index (χ1n) is 8.96. The molecule has 8 heteroatoms. The number of aromatic amines is 1. The number of aromatic nitrogens is 4. The van der Waals surface area contributed by atoms with Gasteiger partial charge in [0.1, 0.15) is 11.3 Å². The smallest absolute Gasteiger partial charge is 0.233 e. The molecule has 3 heterocycles. The third kappa shape index (κ3) is 3.09. The predicted octanol–water partition coefficient (Wildman–Crippen LogP) is 3.32. The molecule has 4 aromatic rings. The fourth-order valence-corrected chi connectivity index (χ4v) is 4.21. The van der Waals surface area contributed by atoms with Gasteiger partial charge in [0.2, 0.25) is 11.1 Å². The number of fused-ring (bicyclic) bond motifs is 4. The highest BCUT2D eigenvalue weighted by atomic mass is 32.2. The fourth-order valence-electron chi connectivity index (χ4n) is 3.52. The molecule has 1 aliphatic heterocycles. The molecule has 0 saturated carbocycles. The van der Waals surface area contributed by atoms with Crippen molar-refractivity contribution in [3.8, 4) is 0 Å². The van der Waals surface area contributed by atoms with Crippen molar-refractivity contribution in [3.63, 3.8) is 0 Å². The summed E-state index contributed by atoms with van der Waals surface area (Å²) < 4.78 is 13.5. The number of benzene rings is 2. The van der Waals surface area contributed by atoms with Crippen molar-refractivity contribution in [3.05, 3.63) is 59.4 Å². The number of amides is 1. The first-order valence-corrected chi connectivity index (χ1v) is 9.95. The molecule has 2 aromatic heterocycles. The second-order valence-electron chi connectivity index (χ2n) is 6.73. The number of hydrogen-bond donors (Lipinski definition) is 1. The summed E-state index contributed by atoms with van der Waals surface area (Å²) in [5.41, 5.74) is 4.34. The molecule has 0 atom stereocenters. The zero-order valence-electron chi connectivity index (χ0n) is 14.9. The average molecular weight is 393 g/mol. The maximum Gasteiger partial charge on any atom is 0.233 e. The van der Waals surface area contributed by atoms with Gasteiger partial charge in [0.15, 0.2) is 5.65 Å². The Balaban J connectivity index is 1.30. The number of nitrogens with zero attached hydrogens (tertiary/aromatic N) is 4. The lowest BCUT2D eigenvalue weighted by Gasteiger charge is -2.28. The maximum absolute atomic E-state index is 13.5. The van der Waals surface area contributed by atoms with E-state index in [1.165, 1.54) is 35.0 Å². The quantitative estimate of drug-likeness (QED) is 0.541. The van der Waals surface area contributed by atoms with Gasteiger partial charge in [-0.15, -0.1) is 10.2 Å². The Bertz CT molecular complexity index is 1210. The van der Waals surface area contributed by atoms with E-state index in [1.54, 1.807) is 6.07 Å². The maximum atomic E-state index is 13.5. The molecular weight excluding hydrogens is 377 g/mol. The van der Waals surface area contributed by atoms with Crippen LogP contribution in [0, 0.1) is 5.82 Å². The summed E-state index contributed by atoms with van der Waals surface area (Å²) in [7, 11) is 0. The molecule has 5 rings (SSSR count). The Morgan fingerprint density at radius 1 is 1.18 bits per heavy atom. The van der Waals surface area contributed by atoms with Crippen molar-refractivity contribution in [2.24, 2.45) is 0 Å². The van der Waals surface area contributed by atoms with E-state index < -0.39 is 0 Å². The molecule has 28 heavy (non-hydrogen) atoms. The van der Waals surface area contributed by atoms with Gasteiger partial charge in [-0.2, -0.15) is 0 Å². The van der Waals surface area contributed by atoms with Crippen molar-refractivity contribution in [1.29, 1.82) is 0 Å². The third-order valence-electron chi connectivity index (χ3n) is 4.97. The van der Waals surface area contributed by atoms with Crippen molar-refractivity contribution in [2.45, 2.75) is 18.1 Å². The van der Waals surface area contributed by atoms with Crippen LogP contribution < -0.4 is 0 Å². The molecule has 0 bridgehead atoms. The molecule has 2 aromatic carbocycles. The van der Waals surface area contributed by atoms with Crippen molar-refractivity contribution >= 4 is 39.7 Å². The second kappa shape index (κ2) is 6.87. The minimum Gasteiger partial charge on any atom is -0.338 e. The molecule has 1 aliphatic rings. The Kier molecular flexibility index (Phi) is 4.20. The lowest BCUT2D eigenvalue weighted by Crippen LogP contribution is -2.37. The topological polar surface area (TPSA) is 74.8 Å². The van der Waals surface area contributed by atoms with E-state index in [0.717, 1.165) is 18.5 Å². The highest BCUT2D eigenvalue weighted by Crippen LogP contribution is 2.25. The Morgan fingerprint density at radius 3 is 2.93 bits per heavy atom. The molecule has 0 unspecified atom stereocenters. The van der Waals surface area contributed by atoms with Crippen LogP contribution in [-0.4, -0.2) is 43.3 Å². The van der Waals surface area contributed by atoms with Crippen LogP contribution in [-0.2, 0) is 17.8 Å². The van der Waals surface area contributed by atoms with Crippen LogP contribution in [0.25, 0.3) is 22.1 Å². The minimum absolute atomic E-state index is 0.0573. The first-order chi connectivity index (χ1) is 13.7. The standard InChI is InChI=1S/C20H16FN5OS/c21-14-5-6-16-15(9-14)18-19(22-16)23-20(25-24-18)28-11-17(27)26-8-7-12-3-1-2-4-13(12)10-26/h1-6,9H,7-8,10-11H2,(H,22,23,25). The van der Waals surface area contributed by atoms with Gasteiger partial charge in [-0.25, -0.2) is 9.37 Å². The highest BCUT2D eigenvalue weighted by Gasteiger charge is 2.21. The number of hydrogen-bond acceptors (Lipinski definition) is 5. The zero-order chi connectivity index (χ0) is 19.1. The number of carbonyl (C=O) groups is 1. The normalized spacial score (nSPS) is 13.8. The predicted molar refractivity (Wildman–Crippen MR) is 105 cm³/mol. The van der Waals surface area contributed by atoms with E-state index in [2.05, 4.69) is 32.3 Å². The van der Waals surface area contributed by atoms with E-state index in [-0.39, 0.29) is 17.5 Å². The summed E-state index contributed by atoms with van der Waals surface area (Å²) in [6, 6.07) is 12.7. The number of H-pyrrole nitrogens is 1. The Labute approximate surface area is 164 Å². The summed E-state index contributed by atoms with van der Waals surface area (Å²) in [5.74, 6) is -0.0196. The van der Waals surface area contributed by atoms with Crippen LogP contribution >= 0.6 is 11.8 Å². The zero-order valence-corrected chi connectivity index (χ0v) is 15.7. The van der Waals surface area contributed by atoms with Crippen LogP contribution in [0.4, 0.5) is 4.39 Å². The lowest BCUT2D eigenvalue weighted by molar-refractivity contribution is -0.129. The number of rotatable bonds is 3. The summed E-state index contributed by atoms with van der Waals surface area (Å²) in [6.07, 6.45) is 0.877. The molecule has 0 radical (unpaired) electrons. The molecule has 140 valence electrons.